The molecule has 0 bridgehead atoms. The van der Waals surface area contributed by atoms with Gasteiger partial charge in [0, 0.05) is 18.0 Å². The van der Waals surface area contributed by atoms with Gasteiger partial charge in [-0.3, -0.25) is 4.79 Å². The zero-order chi connectivity index (χ0) is 18.4. The first-order valence-electron chi connectivity index (χ1n) is 7.74. The average molecular weight is 342 g/mol. The molecule has 6 nitrogen and oxygen atoms in total. The number of amides is 1. The number of hydrogen-bond acceptors (Lipinski definition) is 5. The molecule has 25 heavy (non-hydrogen) atoms. The van der Waals surface area contributed by atoms with Crippen LogP contribution in [0.3, 0.4) is 0 Å². The van der Waals surface area contributed by atoms with Gasteiger partial charge >= 0.3 is 0 Å². The van der Waals surface area contributed by atoms with E-state index in [1.807, 2.05) is 19.1 Å². The minimum absolute atomic E-state index is 0.348. The Balaban J connectivity index is 2.32. The normalized spacial score (nSPS) is 11.5. The minimum atomic E-state index is -1.26. The first-order chi connectivity index (χ1) is 12.0. The molecule has 0 spiro atoms. The van der Waals surface area contributed by atoms with Crippen molar-refractivity contribution in [2.24, 2.45) is 0 Å². The molecule has 1 N–H and O–H groups in total. The molecule has 1 amide bonds. The highest BCUT2D eigenvalue weighted by molar-refractivity contribution is 5.96. The van der Waals surface area contributed by atoms with E-state index in [1.54, 1.807) is 30.3 Å². The van der Waals surface area contributed by atoms with Crippen LogP contribution in [0.5, 0.6) is 11.5 Å². The molecule has 0 aromatic heterocycles. The molecule has 0 saturated heterocycles. The summed E-state index contributed by atoms with van der Waals surface area (Å²) in [7, 11) is 3.00. The molecule has 0 aliphatic heterocycles. The zero-order valence-corrected chi connectivity index (χ0v) is 14.4. The van der Waals surface area contributed by atoms with Crippen molar-refractivity contribution in [3.05, 3.63) is 59.2 Å². The third-order valence-corrected chi connectivity index (χ3v) is 3.88. The summed E-state index contributed by atoms with van der Waals surface area (Å²) in [6, 6.07) is 11.3. The van der Waals surface area contributed by atoms with Gasteiger partial charge in [0.25, 0.3) is 5.91 Å². The number of aryl methyl sites for hydroxylation is 1. The Hall–Kier alpha value is -3.02. The summed E-state index contributed by atoms with van der Waals surface area (Å²) in [4.78, 5) is 23.7. The maximum absolute atomic E-state index is 12.5. The Bertz CT molecular complexity index is 772. The van der Waals surface area contributed by atoms with Crippen LogP contribution in [0.25, 0.3) is 0 Å². The minimum Gasteiger partial charge on any atom is -0.550 e. The lowest BCUT2D eigenvalue weighted by Crippen LogP contribution is -2.34. The van der Waals surface area contributed by atoms with Crippen LogP contribution in [0.15, 0.2) is 42.5 Å². The van der Waals surface area contributed by atoms with E-state index in [-0.39, 0.29) is 12.3 Å². The van der Waals surface area contributed by atoms with Crippen molar-refractivity contribution in [1.29, 1.82) is 0 Å². The lowest BCUT2D eigenvalue weighted by atomic mass is 10.0. The summed E-state index contributed by atoms with van der Waals surface area (Å²) >= 11 is 0. The first kappa shape index (κ1) is 18.3. The predicted molar refractivity (Wildman–Crippen MR) is 90.6 cm³/mol. The van der Waals surface area contributed by atoms with Crippen LogP contribution < -0.4 is 19.9 Å². The summed E-state index contributed by atoms with van der Waals surface area (Å²) in [5.74, 6) is -0.638. The van der Waals surface area contributed by atoms with E-state index in [1.165, 1.54) is 14.2 Å². The van der Waals surface area contributed by atoms with E-state index in [0.29, 0.717) is 22.6 Å². The standard InChI is InChI=1S/C19H21NO5/c1-12-6-4-5-7-14(12)19(23)20-15(11-18(21)22)13-8-9-16(24-2)17(10-13)25-3/h4-10,15H,11H2,1-3H3,(H,20,23)(H,21,22)/p-1/t15-/m0/s1. The third-order valence-electron chi connectivity index (χ3n) is 3.88. The molecule has 0 fully saturated rings. The average Bonchev–Trinajstić information content (AvgIpc) is 2.60. The fourth-order valence-corrected chi connectivity index (χ4v) is 2.55. The molecule has 2 aromatic rings. The number of carbonyl (C=O) groups excluding carboxylic acids is 2. The number of aliphatic carboxylic acids is 1. The summed E-state index contributed by atoms with van der Waals surface area (Å²) in [5.41, 5.74) is 1.88. The first-order valence-corrected chi connectivity index (χ1v) is 7.74. The van der Waals surface area contributed by atoms with Crippen LogP contribution >= 0.6 is 0 Å². The van der Waals surface area contributed by atoms with Crippen LogP contribution in [0.1, 0.15) is 33.9 Å². The van der Waals surface area contributed by atoms with E-state index in [0.717, 1.165) is 5.56 Å². The number of hydrogen-bond donors (Lipinski definition) is 1. The van der Waals surface area contributed by atoms with Crippen LogP contribution in [0, 0.1) is 6.92 Å². The Labute approximate surface area is 146 Å². The van der Waals surface area contributed by atoms with Crippen LogP contribution in [-0.2, 0) is 4.79 Å². The van der Waals surface area contributed by atoms with Crippen molar-refractivity contribution in [2.75, 3.05) is 14.2 Å². The van der Waals surface area contributed by atoms with Crippen molar-refractivity contribution in [1.82, 2.24) is 5.32 Å². The molecular formula is C19H20NO5-. The number of ether oxygens (including phenoxy) is 2. The van der Waals surface area contributed by atoms with Gasteiger partial charge in [-0.15, -0.1) is 0 Å². The maximum Gasteiger partial charge on any atom is 0.252 e. The molecular weight excluding hydrogens is 322 g/mol. The van der Waals surface area contributed by atoms with Gasteiger partial charge in [-0.05, 0) is 36.2 Å². The van der Waals surface area contributed by atoms with E-state index >= 15 is 0 Å². The van der Waals surface area contributed by atoms with Gasteiger partial charge in [0.05, 0.1) is 20.3 Å². The SMILES string of the molecule is COc1ccc([C@H](CC(=O)[O-])NC(=O)c2ccccc2C)cc1OC. The Morgan fingerprint density at radius 3 is 2.36 bits per heavy atom. The summed E-state index contributed by atoms with van der Waals surface area (Å²) in [5, 5.41) is 13.9. The topological polar surface area (TPSA) is 87.7 Å². The Kier molecular flexibility index (Phi) is 6.00. The maximum atomic E-state index is 12.5. The lowest BCUT2D eigenvalue weighted by molar-refractivity contribution is -0.306. The quantitative estimate of drug-likeness (QED) is 0.826. The van der Waals surface area contributed by atoms with Crippen molar-refractivity contribution in [3.63, 3.8) is 0 Å². The second-order valence-corrected chi connectivity index (χ2v) is 5.53. The molecule has 6 heteroatoms. The Morgan fingerprint density at radius 1 is 1.08 bits per heavy atom. The van der Waals surface area contributed by atoms with Crippen molar-refractivity contribution >= 4 is 11.9 Å². The van der Waals surface area contributed by atoms with Gasteiger partial charge in [-0.25, -0.2) is 0 Å². The highest BCUT2D eigenvalue weighted by Crippen LogP contribution is 2.31. The van der Waals surface area contributed by atoms with E-state index in [4.69, 9.17) is 9.47 Å². The Morgan fingerprint density at radius 2 is 1.76 bits per heavy atom. The fourth-order valence-electron chi connectivity index (χ4n) is 2.55. The van der Waals surface area contributed by atoms with E-state index < -0.39 is 12.0 Å². The van der Waals surface area contributed by atoms with E-state index in [9.17, 15) is 14.7 Å². The lowest BCUT2D eigenvalue weighted by Gasteiger charge is -2.21. The largest absolute Gasteiger partial charge is 0.550 e. The van der Waals surface area contributed by atoms with Gasteiger partial charge < -0.3 is 24.7 Å². The van der Waals surface area contributed by atoms with Gasteiger partial charge in [0.15, 0.2) is 11.5 Å². The highest BCUT2D eigenvalue weighted by Gasteiger charge is 2.19. The summed E-state index contributed by atoms with van der Waals surface area (Å²) < 4.78 is 10.4. The van der Waals surface area contributed by atoms with Gasteiger partial charge in [-0.1, -0.05) is 24.3 Å². The predicted octanol–water partition coefficient (Wildman–Crippen LogP) is 1.62. The number of benzene rings is 2. The number of carbonyl (C=O) groups is 2. The second kappa shape index (κ2) is 8.19. The zero-order valence-electron chi connectivity index (χ0n) is 14.4. The highest BCUT2D eigenvalue weighted by atomic mass is 16.5. The van der Waals surface area contributed by atoms with E-state index in [2.05, 4.69) is 5.32 Å². The molecule has 0 heterocycles. The molecule has 0 saturated carbocycles. The second-order valence-electron chi connectivity index (χ2n) is 5.53. The van der Waals surface area contributed by atoms with Gasteiger partial charge in [0.1, 0.15) is 0 Å². The molecule has 2 rings (SSSR count). The van der Waals surface area contributed by atoms with Crippen molar-refractivity contribution in [3.8, 4) is 11.5 Å². The van der Waals surface area contributed by atoms with Gasteiger partial charge in [0.2, 0.25) is 0 Å². The number of rotatable bonds is 7. The van der Waals surface area contributed by atoms with Gasteiger partial charge in [-0.2, -0.15) is 0 Å². The van der Waals surface area contributed by atoms with Crippen molar-refractivity contribution in [2.45, 2.75) is 19.4 Å². The smallest absolute Gasteiger partial charge is 0.252 e. The summed E-state index contributed by atoms with van der Waals surface area (Å²) in [6.45, 7) is 1.82. The number of methoxy groups -OCH3 is 2. The van der Waals surface area contributed by atoms with Crippen LogP contribution in [0.4, 0.5) is 0 Å². The van der Waals surface area contributed by atoms with Crippen molar-refractivity contribution < 1.29 is 24.2 Å². The molecule has 0 aliphatic carbocycles. The number of carboxylic acids is 1. The monoisotopic (exact) mass is 342 g/mol. The fraction of sp³-hybridized carbons (Fsp3) is 0.263. The third kappa shape index (κ3) is 4.50. The summed E-state index contributed by atoms with van der Waals surface area (Å²) in [6.07, 6.45) is -0.354. The molecule has 1 atom stereocenters. The molecule has 0 radical (unpaired) electrons. The number of nitrogens with one attached hydrogen (secondary N) is 1. The van der Waals surface area contributed by atoms with Crippen LogP contribution in [0.2, 0.25) is 0 Å². The molecule has 0 aliphatic rings. The molecule has 0 unspecified atom stereocenters. The number of carboxylic acid groups (broad SMARTS) is 1. The van der Waals surface area contributed by atoms with Crippen LogP contribution in [-0.4, -0.2) is 26.1 Å². The molecule has 132 valence electrons. The molecule has 2 aromatic carbocycles.